The first-order valence-corrected chi connectivity index (χ1v) is 9.90. The van der Waals surface area contributed by atoms with Crippen molar-refractivity contribution in [3.63, 3.8) is 0 Å². The lowest BCUT2D eigenvalue weighted by atomic mass is 9.94. The monoisotopic (exact) mass is 390 g/mol. The average Bonchev–Trinajstić information content (AvgIpc) is 2.68. The van der Waals surface area contributed by atoms with Gasteiger partial charge in [-0.25, -0.2) is 0 Å². The first kappa shape index (κ1) is 19.9. The second-order valence-corrected chi connectivity index (χ2v) is 7.17. The quantitative estimate of drug-likeness (QED) is 0.523. The molecule has 0 bridgehead atoms. The maximum Gasteiger partial charge on any atom is 0.171 e. The maximum atomic E-state index is 5.63. The molecule has 3 nitrogen and oxygen atoms in total. The van der Waals surface area contributed by atoms with Crippen molar-refractivity contribution in [2.24, 2.45) is 0 Å². The first-order chi connectivity index (χ1) is 13.6. The minimum absolute atomic E-state index is 0.0307. The molecule has 3 aromatic carbocycles. The van der Waals surface area contributed by atoms with Gasteiger partial charge < -0.3 is 15.4 Å². The van der Waals surface area contributed by atoms with Crippen molar-refractivity contribution in [3.05, 3.63) is 95.1 Å². The normalized spacial score (nSPS) is 11.5. The number of hydrogen-bond acceptors (Lipinski definition) is 2. The highest BCUT2D eigenvalue weighted by atomic mass is 32.1. The fourth-order valence-electron chi connectivity index (χ4n) is 3.26. The highest BCUT2D eigenvalue weighted by molar-refractivity contribution is 7.80. The maximum absolute atomic E-state index is 5.63. The Morgan fingerprint density at radius 1 is 0.964 bits per heavy atom. The zero-order valence-corrected chi connectivity index (χ0v) is 17.3. The van der Waals surface area contributed by atoms with Gasteiger partial charge in [-0.15, -0.1) is 0 Å². The van der Waals surface area contributed by atoms with Crippen LogP contribution in [0.25, 0.3) is 0 Å². The summed E-state index contributed by atoms with van der Waals surface area (Å²) >= 11 is 5.63. The van der Waals surface area contributed by atoms with E-state index < -0.39 is 0 Å². The Morgan fingerprint density at radius 3 is 2.46 bits per heavy atom. The summed E-state index contributed by atoms with van der Waals surface area (Å²) in [5.74, 6) is 0.823. The van der Waals surface area contributed by atoms with Crippen molar-refractivity contribution < 1.29 is 4.74 Å². The van der Waals surface area contributed by atoms with Crippen molar-refractivity contribution in [2.75, 3.05) is 11.9 Å². The molecule has 0 unspecified atom stereocenters. The molecule has 0 spiro atoms. The molecule has 0 aromatic heterocycles. The van der Waals surface area contributed by atoms with Crippen LogP contribution >= 0.6 is 12.2 Å². The van der Waals surface area contributed by atoms with Crippen LogP contribution in [0.5, 0.6) is 5.75 Å². The number of hydrogen-bond donors (Lipinski definition) is 2. The van der Waals surface area contributed by atoms with Gasteiger partial charge in [-0.2, -0.15) is 0 Å². The summed E-state index contributed by atoms with van der Waals surface area (Å²) in [6.07, 6.45) is 0. The lowest BCUT2D eigenvalue weighted by Crippen LogP contribution is -2.33. The summed E-state index contributed by atoms with van der Waals surface area (Å²) in [7, 11) is 0. The Bertz CT molecular complexity index is 940. The van der Waals surface area contributed by atoms with E-state index in [4.69, 9.17) is 17.0 Å². The predicted molar refractivity (Wildman–Crippen MR) is 121 cm³/mol. The van der Waals surface area contributed by atoms with Crippen molar-refractivity contribution in [1.29, 1.82) is 0 Å². The molecule has 0 fully saturated rings. The number of aryl methyl sites for hydroxylation is 2. The second kappa shape index (κ2) is 9.38. The smallest absolute Gasteiger partial charge is 0.171 e. The van der Waals surface area contributed by atoms with Crippen molar-refractivity contribution >= 4 is 23.0 Å². The number of nitrogens with one attached hydrogen (secondary N) is 2. The van der Waals surface area contributed by atoms with E-state index in [9.17, 15) is 0 Å². The molecule has 144 valence electrons. The molecular weight excluding hydrogens is 364 g/mol. The molecule has 0 aliphatic heterocycles. The van der Waals surface area contributed by atoms with Gasteiger partial charge in [0.2, 0.25) is 0 Å². The third-order valence-corrected chi connectivity index (χ3v) is 4.77. The molecule has 3 rings (SSSR count). The molecule has 4 heteroatoms. The minimum atomic E-state index is -0.0307. The third-order valence-electron chi connectivity index (χ3n) is 4.55. The van der Waals surface area contributed by atoms with Crippen LogP contribution in [0, 0.1) is 13.8 Å². The fourth-order valence-corrected chi connectivity index (χ4v) is 3.50. The number of thiocarbonyl (C=S) groups is 1. The summed E-state index contributed by atoms with van der Waals surface area (Å²) in [5, 5.41) is 7.34. The Morgan fingerprint density at radius 2 is 1.75 bits per heavy atom. The van der Waals surface area contributed by atoms with E-state index in [1.165, 1.54) is 22.3 Å². The van der Waals surface area contributed by atoms with Crippen LogP contribution in [-0.4, -0.2) is 11.7 Å². The molecule has 0 amide bonds. The summed E-state index contributed by atoms with van der Waals surface area (Å²) in [4.78, 5) is 0. The van der Waals surface area contributed by atoms with E-state index in [0.717, 1.165) is 11.4 Å². The molecule has 0 radical (unpaired) electrons. The Labute approximate surface area is 172 Å². The molecule has 0 saturated heterocycles. The van der Waals surface area contributed by atoms with E-state index in [1.54, 1.807) is 0 Å². The van der Waals surface area contributed by atoms with Gasteiger partial charge in [0.15, 0.2) is 5.11 Å². The van der Waals surface area contributed by atoms with Gasteiger partial charge >= 0.3 is 0 Å². The van der Waals surface area contributed by atoms with Gasteiger partial charge in [-0.3, -0.25) is 0 Å². The summed E-state index contributed by atoms with van der Waals surface area (Å²) in [6, 6.07) is 24.7. The number of ether oxygens (including phenoxy) is 1. The van der Waals surface area contributed by atoms with Gasteiger partial charge in [0.05, 0.1) is 12.6 Å². The minimum Gasteiger partial charge on any atom is -0.494 e. The fraction of sp³-hybridized carbons (Fsp3) is 0.208. The average molecular weight is 391 g/mol. The number of rotatable bonds is 6. The highest BCUT2D eigenvalue weighted by Gasteiger charge is 2.17. The van der Waals surface area contributed by atoms with Crippen molar-refractivity contribution in [2.45, 2.75) is 26.8 Å². The molecule has 0 aliphatic rings. The second-order valence-electron chi connectivity index (χ2n) is 6.76. The van der Waals surface area contributed by atoms with E-state index in [0.29, 0.717) is 11.7 Å². The molecular formula is C24H26N2OS. The van der Waals surface area contributed by atoms with E-state index in [1.807, 2.05) is 37.3 Å². The molecule has 0 heterocycles. The van der Waals surface area contributed by atoms with E-state index in [-0.39, 0.29) is 6.04 Å². The van der Waals surface area contributed by atoms with Crippen molar-refractivity contribution in [3.8, 4) is 5.75 Å². The van der Waals surface area contributed by atoms with Crippen LogP contribution < -0.4 is 15.4 Å². The lowest BCUT2D eigenvalue weighted by molar-refractivity contribution is 0.340. The lowest BCUT2D eigenvalue weighted by Gasteiger charge is -2.24. The van der Waals surface area contributed by atoms with E-state index in [2.05, 4.69) is 66.9 Å². The summed E-state index contributed by atoms with van der Waals surface area (Å²) in [5.41, 5.74) is 5.77. The van der Waals surface area contributed by atoms with Gasteiger partial charge in [-0.1, -0.05) is 60.2 Å². The van der Waals surface area contributed by atoms with Gasteiger partial charge in [0.1, 0.15) is 5.75 Å². The molecule has 1 atom stereocenters. The van der Waals surface area contributed by atoms with Crippen LogP contribution in [0.4, 0.5) is 5.69 Å². The Balaban J connectivity index is 1.83. The standard InChI is InChI=1S/C24H26N2OS/c1-4-27-21-12-8-11-20(16-21)25-24(28)26-23(19-9-6-5-7-10-19)22-14-13-17(2)15-18(22)3/h5-16,23H,4H2,1-3H3,(H2,25,26,28)/t23-/m1/s1. The topological polar surface area (TPSA) is 33.3 Å². The van der Waals surface area contributed by atoms with E-state index >= 15 is 0 Å². The molecule has 3 aromatic rings. The third kappa shape index (κ3) is 5.11. The summed E-state index contributed by atoms with van der Waals surface area (Å²) in [6.45, 7) is 6.86. The van der Waals surface area contributed by atoms with Crippen LogP contribution in [0.1, 0.15) is 35.2 Å². The van der Waals surface area contributed by atoms with Gasteiger partial charge in [0.25, 0.3) is 0 Å². The zero-order valence-electron chi connectivity index (χ0n) is 16.5. The largest absolute Gasteiger partial charge is 0.494 e. The molecule has 2 N–H and O–H groups in total. The predicted octanol–water partition coefficient (Wildman–Crippen LogP) is 5.78. The Kier molecular flexibility index (Phi) is 6.66. The van der Waals surface area contributed by atoms with Crippen LogP contribution in [0.3, 0.4) is 0 Å². The number of benzene rings is 3. The van der Waals surface area contributed by atoms with Crippen LogP contribution in [0.15, 0.2) is 72.8 Å². The van der Waals surface area contributed by atoms with Crippen LogP contribution in [-0.2, 0) is 0 Å². The molecule has 0 saturated carbocycles. The SMILES string of the molecule is CCOc1cccc(NC(=S)N[C@H](c2ccccc2)c2ccc(C)cc2C)c1. The first-order valence-electron chi connectivity index (χ1n) is 9.49. The highest BCUT2D eigenvalue weighted by Crippen LogP contribution is 2.26. The van der Waals surface area contributed by atoms with Gasteiger partial charge in [-0.05, 0) is 61.8 Å². The Hall–Kier alpha value is -2.85. The van der Waals surface area contributed by atoms with Crippen LogP contribution in [0.2, 0.25) is 0 Å². The molecule has 0 aliphatic carbocycles. The van der Waals surface area contributed by atoms with Crippen molar-refractivity contribution in [1.82, 2.24) is 5.32 Å². The van der Waals surface area contributed by atoms with Gasteiger partial charge in [0, 0.05) is 11.8 Å². The zero-order chi connectivity index (χ0) is 19.9. The summed E-state index contributed by atoms with van der Waals surface area (Å²) < 4.78 is 5.57. The number of anilines is 1. The molecule has 28 heavy (non-hydrogen) atoms.